The number of aryl methyl sites for hydroxylation is 1. The fourth-order valence-corrected chi connectivity index (χ4v) is 2.92. The minimum atomic E-state index is 0.470. The number of ether oxygens (including phenoxy) is 1. The van der Waals surface area contributed by atoms with Gasteiger partial charge >= 0.3 is 0 Å². The molecule has 1 aliphatic heterocycles. The Kier molecular flexibility index (Phi) is 5.87. The lowest BCUT2D eigenvalue weighted by Gasteiger charge is -2.30. The van der Waals surface area contributed by atoms with Crippen molar-refractivity contribution in [3.05, 3.63) is 35.4 Å². The van der Waals surface area contributed by atoms with Crippen molar-refractivity contribution in [3.63, 3.8) is 0 Å². The summed E-state index contributed by atoms with van der Waals surface area (Å²) in [5.41, 5.74) is 2.91. The fourth-order valence-electron chi connectivity index (χ4n) is 2.92. The van der Waals surface area contributed by atoms with Crippen molar-refractivity contribution in [2.45, 2.75) is 64.6 Å². The molecular formula is C17H27NO. The third-order valence-electron chi connectivity index (χ3n) is 4.06. The maximum atomic E-state index is 5.81. The lowest BCUT2D eigenvalue weighted by atomic mass is 9.99. The van der Waals surface area contributed by atoms with Gasteiger partial charge in [-0.05, 0) is 36.8 Å². The van der Waals surface area contributed by atoms with Crippen LogP contribution in [0.25, 0.3) is 0 Å². The summed E-state index contributed by atoms with van der Waals surface area (Å²) < 4.78 is 5.81. The highest BCUT2D eigenvalue weighted by Gasteiger charge is 2.21. The van der Waals surface area contributed by atoms with Gasteiger partial charge in [0, 0.05) is 19.2 Å². The predicted octanol–water partition coefficient (Wildman–Crippen LogP) is 3.69. The number of hydrogen-bond donors (Lipinski definition) is 1. The molecule has 1 aliphatic rings. The van der Waals surface area contributed by atoms with E-state index in [1.165, 1.54) is 30.4 Å². The van der Waals surface area contributed by atoms with E-state index in [9.17, 15) is 0 Å². The van der Waals surface area contributed by atoms with Crippen LogP contribution in [-0.4, -0.2) is 18.8 Å². The molecule has 1 N–H and O–H groups in total. The predicted molar refractivity (Wildman–Crippen MR) is 80.3 cm³/mol. The van der Waals surface area contributed by atoms with Crippen LogP contribution in [0.15, 0.2) is 24.3 Å². The summed E-state index contributed by atoms with van der Waals surface area (Å²) in [6.45, 7) is 6.37. The van der Waals surface area contributed by atoms with Crippen LogP contribution in [0.1, 0.15) is 50.7 Å². The minimum absolute atomic E-state index is 0.470. The van der Waals surface area contributed by atoms with E-state index in [1.54, 1.807) is 0 Å². The second kappa shape index (κ2) is 7.66. The Bertz CT molecular complexity index is 375. The summed E-state index contributed by atoms with van der Waals surface area (Å²) in [4.78, 5) is 0. The second-order valence-corrected chi connectivity index (χ2v) is 5.51. The van der Waals surface area contributed by atoms with Crippen molar-refractivity contribution < 1.29 is 4.74 Å². The van der Waals surface area contributed by atoms with Gasteiger partial charge in [-0.2, -0.15) is 0 Å². The summed E-state index contributed by atoms with van der Waals surface area (Å²) in [6.07, 6.45) is 6.32. The van der Waals surface area contributed by atoms with E-state index >= 15 is 0 Å². The van der Waals surface area contributed by atoms with E-state index < -0.39 is 0 Å². The van der Waals surface area contributed by atoms with Gasteiger partial charge in [-0.3, -0.25) is 0 Å². The van der Waals surface area contributed by atoms with Crippen molar-refractivity contribution in [2.24, 2.45) is 0 Å². The second-order valence-electron chi connectivity index (χ2n) is 5.51. The van der Waals surface area contributed by atoms with Gasteiger partial charge in [0.05, 0.1) is 6.10 Å². The Labute approximate surface area is 117 Å². The highest BCUT2D eigenvalue weighted by Crippen LogP contribution is 2.18. The summed E-state index contributed by atoms with van der Waals surface area (Å²) in [6, 6.07) is 9.37. The molecule has 19 heavy (non-hydrogen) atoms. The maximum absolute atomic E-state index is 5.81. The lowest BCUT2D eigenvalue weighted by molar-refractivity contribution is -0.00343. The molecule has 1 saturated heterocycles. The van der Waals surface area contributed by atoms with Crippen LogP contribution in [0.5, 0.6) is 0 Å². The van der Waals surface area contributed by atoms with E-state index in [0.717, 1.165) is 26.0 Å². The van der Waals surface area contributed by atoms with Crippen molar-refractivity contribution >= 4 is 0 Å². The highest BCUT2D eigenvalue weighted by molar-refractivity contribution is 5.26. The van der Waals surface area contributed by atoms with Crippen molar-refractivity contribution in [1.82, 2.24) is 5.32 Å². The third-order valence-corrected chi connectivity index (χ3v) is 4.06. The third kappa shape index (κ3) is 4.32. The average Bonchev–Trinajstić information content (AvgIpc) is 2.46. The first-order valence-corrected chi connectivity index (χ1v) is 7.75. The minimum Gasteiger partial charge on any atom is -0.378 e. The topological polar surface area (TPSA) is 21.3 Å². The molecule has 0 saturated carbocycles. The Hall–Kier alpha value is -0.860. The normalized spacial score (nSPS) is 23.5. The first-order valence-electron chi connectivity index (χ1n) is 7.75. The molecule has 1 aromatic carbocycles. The molecule has 106 valence electrons. The molecule has 1 fully saturated rings. The Morgan fingerprint density at radius 1 is 1.21 bits per heavy atom. The average molecular weight is 261 g/mol. The van der Waals surface area contributed by atoms with Gasteiger partial charge in [-0.15, -0.1) is 0 Å². The zero-order valence-electron chi connectivity index (χ0n) is 12.3. The molecule has 0 aromatic heterocycles. The molecule has 1 heterocycles. The van der Waals surface area contributed by atoms with E-state index in [0.29, 0.717) is 12.1 Å². The van der Waals surface area contributed by atoms with Crippen molar-refractivity contribution in [2.75, 3.05) is 6.61 Å². The zero-order chi connectivity index (χ0) is 13.5. The van der Waals surface area contributed by atoms with Crippen molar-refractivity contribution in [1.29, 1.82) is 0 Å². The van der Waals surface area contributed by atoms with E-state index in [4.69, 9.17) is 4.74 Å². The zero-order valence-corrected chi connectivity index (χ0v) is 12.3. The molecule has 0 amide bonds. The van der Waals surface area contributed by atoms with Crippen LogP contribution in [0.3, 0.4) is 0 Å². The van der Waals surface area contributed by atoms with Gasteiger partial charge in [0.15, 0.2) is 0 Å². The van der Waals surface area contributed by atoms with Gasteiger partial charge in [-0.25, -0.2) is 0 Å². The van der Waals surface area contributed by atoms with Crippen LogP contribution >= 0.6 is 0 Å². The van der Waals surface area contributed by atoms with Gasteiger partial charge in [0.2, 0.25) is 0 Å². The molecule has 2 nitrogen and oxygen atoms in total. The quantitative estimate of drug-likeness (QED) is 0.843. The lowest BCUT2D eigenvalue weighted by Crippen LogP contribution is -2.38. The van der Waals surface area contributed by atoms with E-state index in [1.807, 2.05) is 0 Å². The van der Waals surface area contributed by atoms with Crippen LogP contribution in [0.2, 0.25) is 0 Å². The molecule has 0 aliphatic carbocycles. The fraction of sp³-hybridized carbons (Fsp3) is 0.647. The SMILES string of the molecule is CCCC1CC(NCc2ccccc2CC)CCO1. The van der Waals surface area contributed by atoms with Crippen molar-refractivity contribution in [3.8, 4) is 0 Å². The summed E-state index contributed by atoms with van der Waals surface area (Å²) in [5, 5.41) is 3.72. The molecule has 1 aromatic rings. The van der Waals surface area contributed by atoms with E-state index in [-0.39, 0.29) is 0 Å². The largest absolute Gasteiger partial charge is 0.378 e. The molecule has 2 rings (SSSR count). The maximum Gasteiger partial charge on any atom is 0.0589 e. The number of benzene rings is 1. The Morgan fingerprint density at radius 2 is 2.00 bits per heavy atom. The van der Waals surface area contributed by atoms with Gasteiger partial charge in [-0.1, -0.05) is 44.5 Å². The molecule has 2 atom stereocenters. The number of hydrogen-bond acceptors (Lipinski definition) is 2. The van der Waals surface area contributed by atoms with E-state index in [2.05, 4.69) is 43.4 Å². The Balaban J connectivity index is 1.84. The first kappa shape index (κ1) is 14.5. The molecular weight excluding hydrogens is 234 g/mol. The van der Waals surface area contributed by atoms with Gasteiger partial charge in [0.1, 0.15) is 0 Å². The van der Waals surface area contributed by atoms with Crippen LogP contribution in [0, 0.1) is 0 Å². The van der Waals surface area contributed by atoms with Crippen LogP contribution in [0.4, 0.5) is 0 Å². The molecule has 2 unspecified atom stereocenters. The molecule has 0 spiro atoms. The Morgan fingerprint density at radius 3 is 2.74 bits per heavy atom. The summed E-state index contributed by atoms with van der Waals surface area (Å²) in [7, 11) is 0. The van der Waals surface area contributed by atoms with Crippen LogP contribution in [-0.2, 0) is 17.7 Å². The smallest absolute Gasteiger partial charge is 0.0589 e. The highest BCUT2D eigenvalue weighted by atomic mass is 16.5. The standard InChI is InChI=1S/C17H27NO/c1-3-7-17-12-16(10-11-19-17)18-13-15-9-6-5-8-14(15)4-2/h5-6,8-9,16-18H,3-4,7,10-13H2,1-2H3. The van der Waals surface area contributed by atoms with Crippen LogP contribution < -0.4 is 5.32 Å². The summed E-state index contributed by atoms with van der Waals surface area (Å²) >= 11 is 0. The number of nitrogens with one attached hydrogen (secondary N) is 1. The molecule has 2 heteroatoms. The van der Waals surface area contributed by atoms with Gasteiger partial charge in [0.25, 0.3) is 0 Å². The first-order chi connectivity index (χ1) is 9.33. The monoisotopic (exact) mass is 261 g/mol. The summed E-state index contributed by atoms with van der Waals surface area (Å²) in [5.74, 6) is 0. The molecule has 0 radical (unpaired) electrons. The van der Waals surface area contributed by atoms with Gasteiger partial charge < -0.3 is 10.1 Å². The number of rotatable bonds is 6. The molecule has 0 bridgehead atoms.